The standard InChI is InChI=1S/C13H16N2O2/c1-15-9-10(8-14-15)7-13(16)11-3-5-12(17-2)6-4-11/h3-6,8-9,13,16H,7H2,1-2H3. The van der Waals surface area contributed by atoms with Gasteiger partial charge in [-0.2, -0.15) is 5.10 Å². The van der Waals surface area contributed by atoms with E-state index >= 15 is 0 Å². The van der Waals surface area contributed by atoms with Crippen LogP contribution in [-0.4, -0.2) is 22.0 Å². The Morgan fingerprint density at radius 1 is 1.35 bits per heavy atom. The van der Waals surface area contributed by atoms with E-state index in [1.54, 1.807) is 18.0 Å². The number of aryl methyl sites for hydroxylation is 1. The highest BCUT2D eigenvalue weighted by Gasteiger charge is 2.09. The third-order valence-electron chi connectivity index (χ3n) is 2.69. The highest BCUT2D eigenvalue weighted by atomic mass is 16.5. The lowest BCUT2D eigenvalue weighted by molar-refractivity contribution is 0.178. The third kappa shape index (κ3) is 2.85. The monoisotopic (exact) mass is 232 g/mol. The second-order valence-electron chi connectivity index (χ2n) is 4.02. The number of ether oxygens (including phenoxy) is 1. The van der Waals surface area contributed by atoms with Crippen LogP contribution in [0.25, 0.3) is 0 Å². The summed E-state index contributed by atoms with van der Waals surface area (Å²) in [5.74, 6) is 0.794. The number of aliphatic hydroxyl groups excluding tert-OH is 1. The Hall–Kier alpha value is -1.81. The molecule has 1 heterocycles. The fourth-order valence-electron chi connectivity index (χ4n) is 1.74. The van der Waals surface area contributed by atoms with Crippen LogP contribution in [0.3, 0.4) is 0 Å². The largest absolute Gasteiger partial charge is 0.497 e. The summed E-state index contributed by atoms with van der Waals surface area (Å²) < 4.78 is 6.81. The lowest BCUT2D eigenvalue weighted by atomic mass is 10.0. The maximum atomic E-state index is 10.1. The van der Waals surface area contributed by atoms with E-state index in [0.29, 0.717) is 6.42 Å². The van der Waals surface area contributed by atoms with Gasteiger partial charge >= 0.3 is 0 Å². The van der Waals surface area contributed by atoms with Gasteiger partial charge in [0.1, 0.15) is 5.75 Å². The van der Waals surface area contributed by atoms with E-state index in [1.807, 2.05) is 37.5 Å². The minimum Gasteiger partial charge on any atom is -0.497 e. The molecule has 0 saturated carbocycles. The number of methoxy groups -OCH3 is 1. The van der Waals surface area contributed by atoms with Gasteiger partial charge in [-0.05, 0) is 23.3 Å². The second kappa shape index (κ2) is 5.01. The second-order valence-corrected chi connectivity index (χ2v) is 4.02. The van der Waals surface area contributed by atoms with Gasteiger partial charge in [0.25, 0.3) is 0 Å². The van der Waals surface area contributed by atoms with Crippen LogP contribution >= 0.6 is 0 Å². The van der Waals surface area contributed by atoms with Crippen LogP contribution in [0.15, 0.2) is 36.7 Å². The first-order chi connectivity index (χ1) is 8.19. The molecule has 4 nitrogen and oxygen atoms in total. The average Bonchev–Trinajstić information content (AvgIpc) is 2.75. The molecule has 0 aliphatic carbocycles. The molecule has 2 rings (SSSR count). The maximum absolute atomic E-state index is 10.1. The molecule has 0 aliphatic rings. The van der Waals surface area contributed by atoms with Crippen LogP contribution in [0, 0.1) is 0 Å². The number of nitrogens with zero attached hydrogens (tertiary/aromatic N) is 2. The maximum Gasteiger partial charge on any atom is 0.118 e. The number of hydrogen-bond donors (Lipinski definition) is 1. The van der Waals surface area contributed by atoms with E-state index in [4.69, 9.17) is 4.74 Å². The molecule has 2 aromatic rings. The van der Waals surface area contributed by atoms with Crippen molar-refractivity contribution in [3.05, 3.63) is 47.8 Å². The molecular formula is C13H16N2O2. The van der Waals surface area contributed by atoms with Crippen molar-refractivity contribution in [2.75, 3.05) is 7.11 Å². The van der Waals surface area contributed by atoms with Gasteiger partial charge < -0.3 is 9.84 Å². The lowest BCUT2D eigenvalue weighted by Crippen LogP contribution is -2.01. The first-order valence-corrected chi connectivity index (χ1v) is 5.48. The Morgan fingerprint density at radius 2 is 2.06 bits per heavy atom. The predicted molar refractivity (Wildman–Crippen MR) is 64.9 cm³/mol. The first kappa shape index (κ1) is 11.7. The molecule has 0 aliphatic heterocycles. The highest BCUT2D eigenvalue weighted by Crippen LogP contribution is 2.20. The van der Waals surface area contributed by atoms with Crippen LogP contribution in [-0.2, 0) is 13.5 Å². The van der Waals surface area contributed by atoms with Crippen LogP contribution in [0.5, 0.6) is 5.75 Å². The molecule has 1 aromatic heterocycles. The van der Waals surface area contributed by atoms with Crippen molar-refractivity contribution in [3.63, 3.8) is 0 Å². The zero-order valence-corrected chi connectivity index (χ0v) is 10.00. The highest BCUT2D eigenvalue weighted by molar-refractivity contribution is 5.29. The van der Waals surface area contributed by atoms with Crippen molar-refractivity contribution in [3.8, 4) is 5.75 Å². The molecule has 1 N–H and O–H groups in total. The van der Waals surface area contributed by atoms with E-state index in [2.05, 4.69) is 5.10 Å². The number of aliphatic hydroxyl groups is 1. The van der Waals surface area contributed by atoms with Crippen LogP contribution in [0.2, 0.25) is 0 Å². The van der Waals surface area contributed by atoms with Crippen molar-refractivity contribution in [2.24, 2.45) is 7.05 Å². The van der Waals surface area contributed by atoms with E-state index in [0.717, 1.165) is 16.9 Å². The van der Waals surface area contributed by atoms with Gasteiger partial charge in [-0.3, -0.25) is 4.68 Å². The van der Waals surface area contributed by atoms with Gasteiger partial charge in [0.15, 0.2) is 0 Å². The number of benzene rings is 1. The Bertz CT molecular complexity index is 476. The molecule has 0 spiro atoms. The fraction of sp³-hybridized carbons (Fsp3) is 0.308. The molecule has 0 amide bonds. The number of hydrogen-bond acceptors (Lipinski definition) is 3. The van der Waals surface area contributed by atoms with Gasteiger partial charge in [0, 0.05) is 19.7 Å². The minimum atomic E-state index is -0.509. The number of rotatable bonds is 4. The molecule has 1 aromatic carbocycles. The van der Waals surface area contributed by atoms with Crippen molar-refractivity contribution < 1.29 is 9.84 Å². The molecular weight excluding hydrogens is 216 g/mol. The van der Waals surface area contributed by atoms with Crippen molar-refractivity contribution in [1.29, 1.82) is 0 Å². The lowest BCUT2D eigenvalue weighted by Gasteiger charge is -2.10. The van der Waals surface area contributed by atoms with Gasteiger partial charge in [-0.1, -0.05) is 12.1 Å². The summed E-state index contributed by atoms with van der Waals surface area (Å²) in [5.41, 5.74) is 1.91. The van der Waals surface area contributed by atoms with Gasteiger partial charge in [-0.25, -0.2) is 0 Å². The van der Waals surface area contributed by atoms with Crippen LogP contribution in [0.4, 0.5) is 0 Å². The molecule has 0 fully saturated rings. The predicted octanol–water partition coefficient (Wildman–Crippen LogP) is 1.70. The summed E-state index contributed by atoms with van der Waals surface area (Å²) in [6.07, 6.45) is 3.74. The summed E-state index contributed by atoms with van der Waals surface area (Å²) in [7, 11) is 3.49. The Morgan fingerprint density at radius 3 is 2.59 bits per heavy atom. The first-order valence-electron chi connectivity index (χ1n) is 5.48. The molecule has 1 unspecified atom stereocenters. The zero-order chi connectivity index (χ0) is 12.3. The minimum absolute atomic E-state index is 0.509. The molecule has 90 valence electrons. The van der Waals surface area contributed by atoms with E-state index in [9.17, 15) is 5.11 Å². The normalized spacial score (nSPS) is 12.4. The third-order valence-corrected chi connectivity index (χ3v) is 2.69. The SMILES string of the molecule is COc1ccc(C(O)Cc2cnn(C)c2)cc1. The zero-order valence-electron chi connectivity index (χ0n) is 10.00. The average molecular weight is 232 g/mol. The van der Waals surface area contributed by atoms with Crippen LogP contribution < -0.4 is 4.74 Å². The Balaban J connectivity index is 2.06. The van der Waals surface area contributed by atoms with E-state index in [-0.39, 0.29) is 0 Å². The summed E-state index contributed by atoms with van der Waals surface area (Å²) in [6, 6.07) is 7.45. The van der Waals surface area contributed by atoms with Crippen molar-refractivity contribution in [2.45, 2.75) is 12.5 Å². The van der Waals surface area contributed by atoms with Crippen LogP contribution in [0.1, 0.15) is 17.2 Å². The molecule has 0 radical (unpaired) electrons. The quantitative estimate of drug-likeness (QED) is 0.872. The summed E-state index contributed by atoms with van der Waals surface area (Å²) >= 11 is 0. The smallest absolute Gasteiger partial charge is 0.118 e. The topological polar surface area (TPSA) is 47.3 Å². The van der Waals surface area contributed by atoms with E-state index < -0.39 is 6.10 Å². The number of aromatic nitrogens is 2. The summed E-state index contributed by atoms with van der Waals surface area (Å²) in [5, 5.41) is 14.1. The summed E-state index contributed by atoms with van der Waals surface area (Å²) in [4.78, 5) is 0. The molecule has 0 saturated heterocycles. The van der Waals surface area contributed by atoms with Gasteiger partial charge in [-0.15, -0.1) is 0 Å². The van der Waals surface area contributed by atoms with Crippen molar-refractivity contribution in [1.82, 2.24) is 9.78 Å². The molecule has 4 heteroatoms. The van der Waals surface area contributed by atoms with Gasteiger partial charge in [0.2, 0.25) is 0 Å². The Labute approximate surface area is 100 Å². The molecule has 0 bridgehead atoms. The van der Waals surface area contributed by atoms with Gasteiger partial charge in [0.05, 0.1) is 19.4 Å². The van der Waals surface area contributed by atoms with Crippen molar-refractivity contribution >= 4 is 0 Å². The summed E-state index contributed by atoms with van der Waals surface area (Å²) in [6.45, 7) is 0. The molecule has 1 atom stereocenters. The Kier molecular flexibility index (Phi) is 3.44. The molecule has 17 heavy (non-hydrogen) atoms. The fourth-order valence-corrected chi connectivity index (χ4v) is 1.74. The van der Waals surface area contributed by atoms with E-state index in [1.165, 1.54) is 0 Å².